The first-order chi connectivity index (χ1) is 12.1. The highest BCUT2D eigenvalue weighted by molar-refractivity contribution is 5.77. The van der Waals surface area contributed by atoms with Crippen LogP contribution >= 0.6 is 0 Å². The first kappa shape index (κ1) is 17.1. The molecule has 7 nitrogen and oxygen atoms in total. The van der Waals surface area contributed by atoms with Crippen molar-refractivity contribution in [1.82, 2.24) is 19.9 Å². The second-order valence-electron chi connectivity index (χ2n) is 6.17. The van der Waals surface area contributed by atoms with E-state index >= 15 is 0 Å². The van der Waals surface area contributed by atoms with Crippen molar-refractivity contribution in [2.75, 3.05) is 42.9 Å². The molecule has 2 aromatic heterocycles. The zero-order valence-electron chi connectivity index (χ0n) is 14.8. The maximum absolute atomic E-state index is 12.4. The van der Waals surface area contributed by atoms with Crippen LogP contribution in [0.4, 0.5) is 11.6 Å². The maximum atomic E-state index is 12.4. The van der Waals surface area contributed by atoms with Crippen molar-refractivity contribution >= 4 is 17.5 Å². The van der Waals surface area contributed by atoms with E-state index in [4.69, 9.17) is 0 Å². The highest BCUT2D eigenvalue weighted by Crippen LogP contribution is 2.13. The molecule has 1 aliphatic heterocycles. The van der Waals surface area contributed by atoms with Crippen molar-refractivity contribution in [3.63, 3.8) is 0 Å². The summed E-state index contributed by atoms with van der Waals surface area (Å²) in [6.45, 7) is 7.49. The molecule has 0 unspecified atom stereocenters. The number of piperazine rings is 1. The fourth-order valence-corrected chi connectivity index (χ4v) is 2.99. The Morgan fingerprint density at radius 1 is 1.16 bits per heavy atom. The molecule has 25 heavy (non-hydrogen) atoms. The molecule has 0 spiro atoms. The zero-order chi connectivity index (χ0) is 17.6. The first-order valence-corrected chi connectivity index (χ1v) is 8.62. The van der Waals surface area contributed by atoms with Crippen molar-refractivity contribution in [2.24, 2.45) is 0 Å². The number of pyridine rings is 1. The second-order valence-corrected chi connectivity index (χ2v) is 6.17. The van der Waals surface area contributed by atoms with Crippen molar-refractivity contribution in [3.8, 4) is 0 Å². The van der Waals surface area contributed by atoms with Crippen LogP contribution in [-0.2, 0) is 4.79 Å². The van der Waals surface area contributed by atoms with Crippen LogP contribution in [0.1, 0.15) is 17.9 Å². The molecule has 0 bridgehead atoms. The third kappa shape index (κ3) is 4.65. The molecule has 132 valence electrons. The van der Waals surface area contributed by atoms with Crippen LogP contribution < -0.4 is 10.2 Å². The number of rotatable bonds is 5. The minimum atomic E-state index is 0.177. The van der Waals surface area contributed by atoms with Gasteiger partial charge >= 0.3 is 0 Å². The lowest BCUT2D eigenvalue weighted by Crippen LogP contribution is -2.49. The number of nitrogens with one attached hydrogen (secondary N) is 1. The smallest absolute Gasteiger partial charge is 0.224 e. The lowest BCUT2D eigenvalue weighted by atomic mass is 10.2. The van der Waals surface area contributed by atoms with Gasteiger partial charge in [0.15, 0.2) is 0 Å². The van der Waals surface area contributed by atoms with Crippen LogP contribution in [0.3, 0.4) is 0 Å². The molecule has 0 atom stereocenters. The molecule has 0 radical (unpaired) electrons. The molecule has 0 aromatic carbocycles. The van der Waals surface area contributed by atoms with Gasteiger partial charge in [-0.05, 0) is 26.0 Å². The van der Waals surface area contributed by atoms with Gasteiger partial charge < -0.3 is 15.1 Å². The van der Waals surface area contributed by atoms with Gasteiger partial charge in [0, 0.05) is 57.1 Å². The number of amides is 1. The lowest BCUT2D eigenvalue weighted by Gasteiger charge is -2.35. The van der Waals surface area contributed by atoms with Gasteiger partial charge in [-0.1, -0.05) is 6.07 Å². The van der Waals surface area contributed by atoms with Gasteiger partial charge in [0.05, 0.1) is 0 Å². The van der Waals surface area contributed by atoms with Crippen molar-refractivity contribution in [1.29, 1.82) is 0 Å². The molecular formula is C18H24N6O. The average Bonchev–Trinajstić information content (AvgIpc) is 2.62. The number of nitrogens with zero attached hydrogens (tertiary/aromatic N) is 5. The van der Waals surface area contributed by atoms with Crippen molar-refractivity contribution in [3.05, 3.63) is 42.0 Å². The molecule has 1 fully saturated rings. The second kappa shape index (κ2) is 7.92. The quantitative estimate of drug-likeness (QED) is 0.892. The van der Waals surface area contributed by atoms with Gasteiger partial charge in [-0.2, -0.15) is 0 Å². The Morgan fingerprint density at radius 3 is 2.64 bits per heavy atom. The Morgan fingerprint density at radius 2 is 1.96 bits per heavy atom. The van der Waals surface area contributed by atoms with Crippen LogP contribution in [-0.4, -0.2) is 58.5 Å². The van der Waals surface area contributed by atoms with Gasteiger partial charge in [-0.15, -0.1) is 0 Å². The molecule has 0 saturated carbocycles. The zero-order valence-corrected chi connectivity index (χ0v) is 14.8. The summed E-state index contributed by atoms with van der Waals surface area (Å²) in [6.07, 6.45) is 2.26. The summed E-state index contributed by atoms with van der Waals surface area (Å²) in [6, 6.07) is 7.80. The van der Waals surface area contributed by atoms with Crippen molar-refractivity contribution in [2.45, 2.75) is 20.3 Å². The largest absolute Gasteiger partial charge is 0.369 e. The SMILES string of the molecule is Cc1cc(NCCC(=O)N2CCN(c3ccccn3)CC2)nc(C)n1. The first-order valence-electron chi connectivity index (χ1n) is 8.62. The lowest BCUT2D eigenvalue weighted by molar-refractivity contribution is -0.131. The summed E-state index contributed by atoms with van der Waals surface area (Å²) in [5, 5.41) is 3.21. The number of aromatic nitrogens is 3. The van der Waals surface area contributed by atoms with E-state index in [0.29, 0.717) is 13.0 Å². The number of anilines is 2. The van der Waals surface area contributed by atoms with Crippen LogP contribution in [0.15, 0.2) is 30.5 Å². The molecule has 3 rings (SSSR count). The van der Waals surface area contributed by atoms with Gasteiger partial charge in [-0.25, -0.2) is 15.0 Å². The summed E-state index contributed by atoms with van der Waals surface area (Å²) in [5.74, 6) is 2.67. The van der Waals surface area contributed by atoms with Gasteiger partial charge in [0.1, 0.15) is 17.5 Å². The van der Waals surface area contributed by atoms with E-state index in [1.165, 1.54) is 0 Å². The summed E-state index contributed by atoms with van der Waals surface area (Å²) in [5.41, 5.74) is 0.923. The van der Waals surface area contributed by atoms with E-state index < -0.39 is 0 Å². The Kier molecular flexibility index (Phi) is 5.42. The Hall–Kier alpha value is -2.70. The average molecular weight is 340 g/mol. The fraction of sp³-hybridized carbons (Fsp3) is 0.444. The summed E-state index contributed by atoms with van der Waals surface area (Å²) >= 11 is 0. The molecule has 3 heterocycles. The topological polar surface area (TPSA) is 74.2 Å². The van der Waals surface area contributed by atoms with E-state index in [0.717, 1.165) is 49.3 Å². The molecule has 1 aliphatic rings. The molecule has 7 heteroatoms. The van der Waals surface area contributed by atoms with Crippen LogP contribution in [0.5, 0.6) is 0 Å². The molecule has 2 aromatic rings. The molecule has 1 amide bonds. The minimum absolute atomic E-state index is 0.177. The Bertz CT molecular complexity index is 693. The van der Waals surface area contributed by atoms with Gasteiger partial charge in [-0.3, -0.25) is 4.79 Å². The van der Waals surface area contributed by atoms with E-state index in [1.54, 1.807) is 6.20 Å². The number of hydrogen-bond donors (Lipinski definition) is 1. The fourth-order valence-electron chi connectivity index (χ4n) is 2.99. The predicted octanol–water partition coefficient (Wildman–Crippen LogP) is 1.64. The van der Waals surface area contributed by atoms with E-state index in [-0.39, 0.29) is 5.91 Å². The highest BCUT2D eigenvalue weighted by Gasteiger charge is 2.21. The molecular weight excluding hydrogens is 316 g/mol. The Balaban J connectivity index is 1.43. The summed E-state index contributed by atoms with van der Waals surface area (Å²) in [4.78, 5) is 29.5. The third-order valence-electron chi connectivity index (χ3n) is 4.22. The van der Waals surface area contributed by atoms with Crippen LogP contribution in [0, 0.1) is 13.8 Å². The van der Waals surface area contributed by atoms with E-state index in [1.807, 2.05) is 43.0 Å². The van der Waals surface area contributed by atoms with Gasteiger partial charge in [0.25, 0.3) is 0 Å². The van der Waals surface area contributed by atoms with E-state index in [2.05, 4.69) is 25.2 Å². The number of carbonyl (C=O) groups is 1. The monoisotopic (exact) mass is 340 g/mol. The molecule has 1 N–H and O–H groups in total. The van der Waals surface area contributed by atoms with E-state index in [9.17, 15) is 4.79 Å². The normalized spacial score (nSPS) is 14.5. The van der Waals surface area contributed by atoms with Gasteiger partial charge in [0.2, 0.25) is 5.91 Å². The third-order valence-corrected chi connectivity index (χ3v) is 4.22. The summed E-state index contributed by atoms with van der Waals surface area (Å²) < 4.78 is 0. The standard InChI is InChI=1S/C18H24N6O/c1-14-13-16(22-15(2)21-14)19-8-6-18(25)24-11-9-23(10-12-24)17-5-3-4-7-20-17/h3-5,7,13H,6,8-12H2,1-2H3,(H,19,21,22). The number of carbonyl (C=O) groups excluding carboxylic acids is 1. The molecule has 1 saturated heterocycles. The number of hydrogen-bond acceptors (Lipinski definition) is 6. The Labute approximate surface area is 148 Å². The predicted molar refractivity (Wildman–Crippen MR) is 97.6 cm³/mol. The highest BCUT2D eigenvalue weighted by atomic mass is 16.2. The minimum Gasteiger partial charge on any atom is -0.369 e. The number of aryl methyl sites for hydroxylation is 2. The van der Waals surface area contributed by atoms with Crippen molar-refractivity contribution < 1.29 is 4.79 Å². The molecule has 0 aliphatic carbocycles. The summed E-state index contributed by atoms with van der Waals surface area (Å²) in [7, 11) is 0. The van der Waals surface area contributed by atoms with Crippen LogP contribution in [0.25, 0.3) is 0 Å². The van der Waals surface area contributed by atoms with Crippen LogP contribution in [0.2, 0.25) is 0 Å². The maximum Gasteiger partial charge on any atom is 0.224 e.